The van der Waals surface area contributed by atoms with Gasteiger partial charge in [0.15, 0.2) is 0 Å². The van der Waals surface area contributed by atoms with Crippen molar-refractivity contribution >= 4 is 23.8 Å². The highest BCUT2D eigenvalue weighted by Crippen LogP contribution is 2.37. The summed E-state index contributed by atoms with van der Waals surface area (Å²) in [5.74, 6) is 0.0841. The summed E-state index contributed by atoms with van der Waals surface area (Å²) in [4.78, 5) is 18.5. The molecule has 1 fully saturated rings. The number of halogens is 1. The number of rotatable bonds is 3. The second-order valence-corrected chi connectivity index (χ2v) is 7.77. The summed E-state index contributed by atoms with van der Waals surface area (Å²) >= 11 is 6.09. The van der Waals surface area contributed by atoms with E-state index in [0.29, 0.717) is 18.2 Å². The van der Waals surface area contributed by atoms with E-state index >= 15 is 0 Å². The molecule has 0 N–H and O–H groups in total. The first-order valence-corrected chi connectivity index (χ1v) is 9.98. The van der Waals surface area contributed by atoms with Crippen LogP contribution in [-0.4, -0.2) is 28.6 Å². The predicted molar refractivity (Wildman–Crippen MR) is 114 cm³/mol. The quantitative estimate of drug-likeness (QED) is 0.578. The van der Waals surface area contributed by atoms with E-state index in [1.807, 2.05) is 65.7 Å². The first-order chi connectivity index (χ1) is 14.2. The number of hydrogen-bond donors (Lipinski definition) is 0. The zero-order valence-electron chi connectivity index (χ0n) is 15.7. The number of amides is 1. The molecule has 4 nitrogen and oxygen atoms in total. The van der Waals surface area contributed by atoms with E-state index in [1.165, 1.54) is 11.1 Å². The van der Waals surface area contributed by atoms with Crippen LogP contribution in [0.25, 0.3) is 17.2 Å². The van der Waals surface area contributed by atoms with E-state index in [-0.39, 0.29) is 18.1 Å². The third kappa shape index (κ3) is 3.40. The molecule has 1 saturated heterocycles. The monoisotopic (exact) mass is 402 g/mol. The normalized spacial score (nSPS) is 20.4. The van der Waals surface area contributed by atoms with Gasteiger partial charge >= 0.3 is 6.09 Å². The molecule has 1 unspecified atom stereocenters. The maximum atomic E-state index is 12.1. The summed E-state index contributed by atoms with van der Waals surface area (Å²) in [6.45, 7) is 1.03. The summed E-state index contributed by atoms with van der Waals surface area (Å²) in [6, 6.07) is 20.1. The van der Waals surface area contributed by atoms with Crippen LogP contribution in [0.15, 0.2) is 72.9 Å². The first-order valence-electron chi connectivity index (χ1n) is 9.60. The number of benzene rings is 2. The van der Waals surface area contributed by atoms with E-state index in [4.69, 9.17) is 16.3 Å². The van der Waals surface area contributed by atoms with Crippen LogP contribution in [0.2, 0.25) is 5.02 Å². The summed E-state index contributed by atoms with van der Waals surface area (Å²) in [5.41, 5.74) is 5.35. The van der Waals surface area contributed by atoms with E-state index in [0.717, 1.165) is 16.8 Å². The molecule has 5 heteroatoms. The number of nitrogens with zero attached hydrogens (tertiary/aromatic N) is 2. The van der Waals surface area contributed by atoms with Gasteiger partial charge in [-0.05, 0) is 41.0 Å². The number of cyclic esters (lactones) is 1. The van der Waals surface area contributed by atoms with Crippen molar-refractivity contribution in [3.05, 3.63) is 94.8 Å². The van der Waals surface area contributed by atoms with Gasteiger partial charge in [-0.15, -0.1) is 0 Å². The molecule has 0 spiro atoms. The van der Waals surface area contributed by atoms with E-state index in [9.17, 15) is 4.79 Å². The van der Waals surface area contributed by atoms with Crippen molar-refractivity contribution in [1.29, 1.82) is 0 Å². The van der Waals surface area contributed by atoms with Crippen molar-refractivity contribution in [1.82, 2.24) is 9.88 Å². The van der Waals surface area contributed by atoms with Gasteiger partial charge in [0.25, 0.3) is 0 Å². The maximum absolute atomic E-state index is 12.1. The molecular weight excluding hydrogens is 384 g/mol. The molecule has 5 rings (SSSR count). The molecule has 0 aliphatic carbocycles. The topological polar surface area (TPSA) is 42.4 Å². The Morgan fingerprint density at radius 1 is 1.07 bits per heavy atom. The molecule has 3 heterocycles. The van der Waals surface area contributed by atoms with E-state index < -0.39 is 0 Å². The van der Waals surface area contributed by atoms with E-state index in [1.54, 1.807) is 0 Å². The summed E-state index contributed by atoms with van der Waals surface area (Å²) < 4.78 is 5.31. The van der Waals surface area contributed by atoms with Gasteiger partial charge in [-0.2, -0.15) is 0 Å². The molecule has 1 amide bonds. The molecule has 2 atom stereocenters. The van der Waals surface area contributed by atoms with Crippen LogP contribution in [0.5, 0.6) is 0 Å². The van der Waals surface area contributed by atoms with Crippen LogP contribution in [0.4, 0.5) is 4.79 Å². The second-order valence-electron chi connectivity index (χ2n) is 7.34. The maximum Gasteiger partial charge on any atom is 0.410 e. The lowest BCUT2D eigenvalue weighted by Crippen LogP contribution is -2.41. The zero-order chi connectivity index (χ0) is 19.8. The summed E-state index contributed by atoms with van der Waals surface area (Å²) in [6.07, 6.45) is 5.79. The van der Waals surface area contributed by atoms with Crippen molar-refractivity contribution < 1.29 is 9.53 Å². The number of pyridine rings is 1. The average Bonchev–Trinajstić information content (AvgIpc) is 3.12. The Hall–Kier alpha value is -3.11. The second kappa shape index (κ2) is 7.37. The number of aromatic nitrogens is 1. The van der Waals surface area contributed by atoms with Gasteiger partial charge in [0.05, 0.1) is 11.7 Å². The van der Waals surface area contributed by atoms with Gasteiger partial charge in [0.2, 0.25) is 0 Å². The van der Waals surface area contributed by atoms with Crippen LogP contribution in [0.3, 0.4) is 0 Å². The fourth-order valence-corrected chi connectivity index (χ4v) is 4.31. The molecule has 0 saturated carbocycles. The lowest BCUT2D eigenvalue weighted by atomic mass is 9.84. The number of carbonyl (C=O) groups is 1. The Kier molecular flexibility index (Phi) is 4.57. The van der Waals surface area contributed by atoms with Crippen molar-refractivity contribution in [2.75, 3.05) is 6.61 Å². The molecule has 2 aliphatic rings. The molecular formula is C24H19ClN2O2. The first kappa shape index (κ1) is 18.0. The Morgan fingerprint density at radius 2 is 1.97 bits per heavy atom. The Labute approximate surface area is 174 Å². The van der Waals surface area contributed by atoms with Crippen molar-refractivity contribution in [2.24, 2.45) is 0 Å². The lowest BCUT2D eigenvalue weighted by molar-refractivity contribution is 0.154. The van der Waals surface area contributed by atoms with Gasteiger partial charge in [0, 0.05) is 29.2 Å². The van der Waals surface area contributed by atoms with Crippen LogP contribution in [0, 0.1) is 0 Å². The SMILES string of the molecule is O=C1OC[C@@H]2C(/C=C/c3ccc(-c4cccc(Cl)c4)cn3)c3ccccc3CN12. The van der Waals surface area contributed by atoms with Crippen molar-refractivity contribution in [3.8, 4) is 11.1 Å². The fourth-order valence-electron chi connectivity index (χ4n) is 4.12. The highest BCUT2D eigenvalue weighted by molar-refractivity contribution is 6.30. The minimum absolute atomic E-state index is 0.0272. The zero-order valence-corrected chi connectivity index (χ0v) is 16.4. The number of carbonyl (C=O) groups excluding carboxylic acids is 1. The van der Waals surface area contributed by atoms with Crippen LogP contribution in [0.1, 0.15) is 22.7 Å². The molecule has 29 heavy (non-hydrogen) atoms. The molecule has 2 aliphatic heterocycles. The average molecular weight is 403 g/mol. The molecule has 0 bridgehead atoms. The summed E-state index contributed by atoms with van der Waals surface area (Å²) in [7, 11) is 0. The van der Waals surface area contributed by atoms with Gasteiger partial charge < -0.3 is 4.74 Å². The standard InChI is InChI=1S/C24H19ClN2O2/c25-19-6-3-5-16(12-19)17-8-9-20(26-13-17)10-11-22-21-7-2-1-4-18(21)14-27-23(22)15-29-24(27)28/h1-13,22-23H,14-15H2/b11-10+/t22?,23-/m1/s1. The minimum Gasteiger partial charge on any atom is -0.447 e. The Balaban J connectivity index is 1.42. The van der Waals surface area contributed by atoms with Gasteiger partial charge in [0.1, 0.15) is 6.61 Å². The fraction of sp³-hybridized carbons (Fsp3) is 0.167. The molecule has 0 radical (unpaired) electrons. The van der Waals surface area contributed by atoms with E-state index in [2.05, 4.69) is 23.2 Å². The number of ether oxygens (including phenoxy) is 1. The molecule has 2 aromatic carbocycles. The highest BCUT2D eigenvalue weighted by atomic mass is 35.5. The van der Waals surface area contributed by atoms with Crippen LogP contribution < -0.4 is 0 Å². The Morgan fingerprint density at radius 3 is 2.79 bits per heavy atom. The molecule has 3 aromatic rings. The number of fused-ring (bicyclic) bond motifs is 2. The highest BCUT2D eigenvalue weighted by Gasteiger charge is 2.42. The lowest BCUT2D eigenvalue weighted by Gasteiger charge is -2.34. The van der Waals surface area contributed by atoms with Crippen LogP contribution in [-0.2, 0) is 11.3 Å². The Bertz CT molecular complexity index is 1090. The van der Waals surface area contributed by atoms with Crippen molar-refractivity contribution in [3.63, 3.8) is 0 Å². The largest absolute Gasteiger partial charge is 0.447 e. The third-order valence-corrected chi connectivity index (χ3v) is 5.84. The molecule has 1 aromatic heterocycles. The minimum atomic E-state index is -0.230. The van der Waals surface area contributed by atoms with Crippen LogP contribution >= 0.6 is 11.6 Å². The van der Waals surface area contributed by atoms with Crippen molar-refractivity contribution in [2.45, 2.75) is 18.5 Å². The third-order valence-electron chi connectivity index (χ3n) is 5.60. The van der Waals surface area contributed by atoms with Gasteiger partial charge in [-0.3, -0.25) is 9.88 Å². The summed E-state index contributed by atoms with van der Waals surface area (Å²) in [5, 5.41) is 0.709. The van der Waals surface area contributed by atoms with Gasteiger partial charge in [-0.25, -0.2) is 4.79 Å². The number of hydrogen-bond acceptors (Lipinski definition) is 3. The molecule has 144 valence electrons. The predicted octanol–water partition coefficient (Wildman–Crippen LogP) is 5.53. The van der Waals surface area contributed by atoms with Gasteiger partial charge in [-0.1, -0.05) is 60.1 Å². The smallest absolute Gasteiger partial charge is 0.410 e.